The average Bonchev–Trinajstić information content (AvgIpc) is 2.40. The van der Waals surface area contributed by atoms with Crippen LogP contribution in [-0.2, 0) is 6.42 Å². The van der Waals surface area contributed by atoms with Gasteiger partial charge in [-0.1, -0.05) is 6.42 Å². The molecule has 1 N–H and O–H groups in total. The molecular formula is C17H24FNO. The third-order valence-electron chi connectivity index (χ3n) is 4.69. The van der Waals surface area contributed by atoms with Crippen molar-refractivity contribution in [3.05, 3.63) is 29.6 Å². The normalized spacial score (nSPS) is 20.6. The van der Waals surface area contributed by atoms with E-state index in [0.717, 1.165) is 37.4 Å². The Bertz CT molecular complexity index is 439. The number of ether oxygens (including phenoxy) is 1. The number of piperidine rings is 1. The molecule has 0 amide bonds. The van der Waals surface area contributed by atoms with Crippen molar-refractivity contribution < 1.29 is 9.13 Å². The minimum Gasteiger partial charge on any atom is -0.493 e. The molecule has 1 aromatic carbocycles. The number of rotatable bonds is 5. The van der Waals surface area contributed by atoms with Gasteiger partial charge in [-0.3, -0.25) is 0 Å². The van der Waals surface area contributed by atoms with Gasteiger partial charge >= 0.3 is 0 Å². The topological polar surface area (TPSA) is 21.3 Å². The Morgan fingerprint density at radius 1 is 1.10 bits per heavy atom. The van der Waals surface area contributed by atoms with Crippen LogP contribution in [0, 0.1) is 17.7 Å². The quantitative estimate of drug-likeness (QED) is 0.888. The monoisotopic (exact) mass is 277 g/mol. The molecule has 3 heteroatoms. The molecule has 0 spiro atoms. The van der Waals surface area contributed by atoms with Gasteiger partial charge < -0.3 is 10.1 Å². The highest BCUT2D eigenvalue weighted by Gasteiger charge is 2.20. The second kappa shape index (κ2) is 6.57. The van der Waals surface area contributed by atoms with E-state index in [1.54, 1.807) is 6.07 Å². The minimum absolute atomic E-state index is 0.148. The molecule has 1 heterocycles. The van der Waals surface area contributed by atoms with Crippen molar-refractivity contribution in [3.63, 3.8) is 0 Å². The zero-order chi connectivity index (χ0) is 13.8. The maximum absolute atomic E-state index is 13.5. The molecule has 0 radical (unpaired) electrons. The maximum atomic E-state index is 13.5. The van der Waals surface area contributed by atoms with E-state index >= 15 is 0 Å². The molecule has 110 valence electrons. The zero-order valence-electron chi connectivity index (χ0n) is 12.0. The van der Waals surface area contributed by atoms with Crippen LogP contribution in [0.15, 0.2) is 18.2 Å². The highest BCUT2D eigenvalue weighted by atomic mass is 19.1. The number of benzene rings is 1. The van der Waals surface area contributed by atoms with E-state index in [4.69, 9.17) is 4.74 Å². The van der Waals surface area contributed by atoms with Crippen LogP contribution in [0.25, 0.3) is 0 Å². The standard InChI is InChI=1S/C17H24FNO/c18-16-4-5-17(20-12-14-2-1-3-14)15(11-16)10-13-6-8-19-9-7-13/h4-5,11,13-14,19H,1-3,6-10,12H2. The molecule has 1 aliphatic carbocycles. The van der Waals surface area contributed by atoms with E-state index in [1.807, 2.05) is 6.07 Å². The van der Waals surface area contributed by atoms with Crippen molar-refractivity contribution >= 4 is 0 Å². The van der Waals surface area contributed by atoms with E-state index in [2.05, 4.69) is 5.32 Å². The Morgan fingerprint density at radius 2 is 1.90 bits per heavy atom. The molecule has 1 aliphatic heterocycles. The smallest absolute Gasteiger partial charge is 0.123 e. The van der Waals surface area contributed by atoms with Gasteiger partial charge in [0.1, 0.15) is 11.6 Å². The van der Waals surface area contributed by atoms with Gasteiger partial charge in [-0.2, -0.15) is 0 Å². The summed E-state index contributed by atoms with van der Waals surface area (Å²) >= 11 is 0. The number of halogens is 1. The Labute approximate surface area is 120 Å². The molecule has 0 aromatic heterocycles. The predicted octanol–water partition coefficient (Wildman–Crippen LogP) is 3.55. The summed E-state index contributed by atoms with van der Waals surface area (Å²) in [5.74, 6) is 2.12. The molecule has 0 bridgehead atoms. The van der Waals surface area contributed by atoms with Gasteiger partial charge in [0.05, 0.1) is 6.61 Å². The van der Waals surface area contributed by atoms with Crippen LogP contribution in [0.5, 0.6) is 5.75 Å². The Hall–Kier alpha value is -1.09. The molecule has 1 saturated heterocycles. The SMILES string of the molecule is Fc1ccc(OCC2CCC2)c(CC2CCNCC2)c1. The first-order valence-electron chi connectivity index (χ1n) is 7.93. The first kappa shape index (κ1) is 13.9. The summed E-state index contributed by atoms with van der Waals surface area (Å²) in [6.45, 7) is 2.96. The van der Waals surface area contributed by atoms with Crippen LogP contribution < -0.4 is 10.1 Å². The van der Waals surface area contributed by atoms with E-state index in [0.29, 0.717) is 11.8 Å². The summed E-state index contributed by atoms with van der Waals surface area (Å²) in [6, 6.07) is 4.99. The summed E-state index contributed by atoms with van der Waals surface area (Å²) < 4.78 is 19.5. The first-order chi connectivity index (χ1) is 9.81. The van der Waals surface area contributed by atoms with Gasteiger partial charge in [-0.15, -0.1) is 0 Å². The lowest BCUT2D eigenvalue weighted by atomic mass is 9.86. The molecule has 0 unspecified atom stereocenters. The molecule has 1 aromatic rings. The Balaban J connectivity index is 1.64. The molecule has 2 fully saturated rings. The van der Waals surface area contributed by atoms with Gasteiger partial charge in [0.15, 0.2) is 0 Å². The third-order valence-corrected chi connectivity index (χ3v) is 4.69. The second-order valence-electron chi connectivity index (χ2n) is 6.26. The van der Waals surface area contributed by atoms with Crippen LogP contribution in [0.1, 0.15) is 37.7 Å². The number of nitrogens with one attached hydrogen (secondary N) is 1. The first-order valence-corrected chi connectivity index (χ1v) is 7.93. The zero-order valence-corrected chi connectivity index (χ0v) is 12.0. The molecule has 3 rings (SSSR count). The van der Waals surface area contributed by atoms with Crippen LogP contribution in [0.2, 0.25) is 0 Å². The molecule has 1 saturated carbocycles. The van der Waals surface area contributed by atoms with Gasteiger partial charge in [-0.25, -0.2) is 4.39 Å². The maximum Gasteiger partial charge on any atom is 0.123 e. The fourth-order valence-corrected chi connectivity index (χ4v) is 3.11. The van der Waals surface area contributed by atoms with E-state index < -0.39 is 0 Å². The summed E-state index contributed by atoms with van der Waals surface area (Å²) in [5, 5.41) is 3.38. The average molecular weight is 277 g/mol. The van der Waals surface area contributed by atoms with Crippen LogP contribution in [0.4, 0.5) is 4.39 Å². The third kappa shape index (κ3) is 3.51. The van der Waals surface area contributed by atoms with Crippen molar-refractivity contribution in [1.29, 1.82) is 0 Å². The molecular weight excluding hydrogens is 253 g/mol. The van der Waals surface area contributed by atoms with Gasteiger partial charge in [-0.05, 0) is 80.8 Å². The summed E-state index contributed by atoms with van der Waals surface area (Å²) in [5.41, 5.74) is 1.05. The van der Waals surface area contributed by atoms with Crippen LogP contribution in [-0.4, -0.2) is 19.7 Å². The highest BCUT2D eigenvalue weighted by molar-refractivity contribution is 5.34. The summed E-state index contributed by atoms with van der Waals surface area (Å²) in [4.78, 5) is 0. The summed E-state index contributed by atoms with van der Waals surface area (Å²) in [6.07, 6.45) is 7.20. The van der Waals surface area contributed by atoms with Crippen molar-refractivity contribution in [2.24, 2.45) is 11.8 Å². The van der Waals surface area contributed by atoms with Crippen molar-refractivity contribution in [3.8, 4) is 5.75 Å². The highest BCUT2D eigenvalue weighted by Crippen LogP contribution is 2.30. The van der Waals surface area contributed by atoms with Crippen molar-refractivity contribution in [1.82, 2.24) is 5.32 Å². The lowest BCUT2D eigenvalue weighted by Gasteiger charge is -2.27. The van der Waals surface area contributed by atoms with Crippen molar-refractivity contribution in [2.45, 2.75) is 38.5 Å². The molecule has 20 heavy (non-hydrogen) atoms. The number of hydrogen-bond donors (Lipinski definition) is 1. The fourth-order valence-electron chi connectivity index (χ4n) is 3.11. The Morgan fingerprint density at radius 3 is 2.60 bits per heavy atom. The van der Waals surface area contributed by atoms with Crippen molar-refractivity contribution in [2.75, 3.05) is 19.7 Å². The van der Waals surface area contributed by atoms with Crippen LogP contribution in [0.3, 0.4) is 0 Å². The molecule has 2 aliphatic rings. The van der Waals surface area contributed by atoms with E-state index in [1.165, 1.54) is 38.2 Å². The molecule has 0 atom stereocenters. The van der Waals surface area contributed by atoms with Gasteiger partial charge in [0.25, 0.3) is 0 Å². The molecule has 2 nitrogen and oxygen atoms in total. The van der Waals surface area contributed by atoms with E-state index in [9.17, 15) is 4.39 Å². The second-order valence-corrected chi connectivity index (χ2v) is 6.26. The largest absolute Gasteiger partial charge is 0.493 e. The summed E-state index contributed by atoms with van der Waals surface area (Å²) in [7, 11) is 0. The minimum atomic E-state index is -0.148. The van der Waals surface area contributed by atoms with E-state index in [-0.39, 0.29) is 5.82 Å². The van der Waals surface area contributed by atoms with Gasteiger partial charge in [0.2, 0.25) is 0 Å². The van der Waals surface area contributed by atoms with Crippen LogP contribution >= 0.6 is 0 Å². The van der Waals surface area contributed by atoms with Gasteiger partial charge in [0, 0.05) is 0 Å². The predicted molar refractivity (Wildman–Crippen MR) is 78.5 cm³/mol. The number of hydrogen-bond acceptors (Lipinski definition) is 2. The Kier molecular flexibility index (Phi) is 4.56. The lowest BCUT2D eigenvalue weighted by Crippen LogP contribution is -2.28. The lowest BCUT2D eigenvalue weighted by molar-refractivity contribution is 0.178. The fraction of sp³-hybridized carbons (Fsp3) is 0.647.